The minimum Gasteiger partial charge on any atom is -0.465 e. The van der Waals surface area contributed by atoms with E-state index in [1.165, 1.54) is 4.90 Å². The van der Waals surface area contributed by atoms with E-state index in [9.17, 15) is 18.3 Å². The van der Waals surface area contributed by atoms with Crippen LogP contribution in [-0.2, 0) is 14.8 Å². The Morgan fingerprint density at radius 2 is 2.08 bits per heavy atom. The van der Waals surface area contributed by atoms with E-state index in [1.807, 2.05) is 0 Å². The van der Waals surface area contributed by atoms with E-state index < -0.39 is 28.1 Å². The number of hydrogen-bond acceptors (Lipinski definition) is 4. The van der Waals surface area contributed by atoms with Crippen molar-refractivity contribution in [2.24, 2.45) is 0 Å². The highest BCUT2D eigenvalue weighted by atomic mass is 35.5. The summed E-state index contributed by atoms with van der Waals surface area (Å²) in [5.74, 6) is -0.768. The average molecular weight is 425 g/mol. The van der Waals surface area contributed by atoms with Crippen molar-refractivity contribution >= 4 is 39.3 Å². The predicted molar refractivity (Wildman–Crippen MR) is 101 cm³/mol. The van der Waals surface area contributed by atoms with Gasteiger partial charge in [0.25, 0.3) is 0 Å². The standard InChI is InChI=1S/C16H22Cl2N2O5S/c1-10(2)19-26(23,24)9-15-12(8-20(16(21)22)5-6-25-15)11-3-4-13(17)14(18)7-11/h3-4,7,10,12,15,19H,5-6,8-9H2,1-2H3,(H,21,22)/t12-,15+/m0/s1. The van der Waals surface area contributed by atoms with Gasteiger partial charge in [-0.25, -0.2) is 17.9 Å². The molecule has 26 heavy (non-hydrogen) atoms. The maximum atomic E-state index is 12.4. The van der Waals surface area contributed by atoms with Gasteiger partial charge in [0.2, 0.25) is 10.0 Å². The third kappa shape index (κ3) is 5.72. The molecular formula is C16H22Cl2N2O5S. The van der Waals surface area contributed by atoms with Crippen LogP contribution in [-0.4, -0.2) is 62.1 Å². The topological polar surface area (TPSA) is 95.9 Å². The van der Waals surface area contributed by atoms with E-state index in [4.69, 9.17) is 27.9 Å². The molecule has 1 amide bonds. The molecule has 2 rings (SSSR count). The van der Waals surface area contributed by atoms with Crippen LogP contribution >= 0.6 is 23.2 Å². The number of sulfonamides is 1. The summed E-state index contributed by atoms with van der Waals surface area (Å²) in [5, 5.41) is 10.0. The summed E-state index contributed by atoms with van der Waals surface area (Å²) < 4.78 is 33.0. The van der Waals surface area contributed by atoms with Gasteiger partial charge in [0.15, 0.2) is 0 Å². The van der Waals surface area contributed by atoms with Crippen LogP contribution in [0.25, 0.3) is 0 Å². The van der Waals surface area contributed by atoms with Crippen LogP contribution < -0.4 is 4.72 Å². The molecule has 10 heteroatoms. The van der Waals surface area contributed by atoms with Crippen molar-refractivity contribution in [3.05, 3.63) is 33.8 Å². The van der Waals surface area contributed by atoms with Crippen LogP contribution in [0.15, 0.2) is 18.2 Å². The molecular weight excluding hydrogens is 403 g/mol. The van der Waals surface area contributed by atoms with E-state index in [2.05, 4.69) is 4.72 Å². The molecule has 1 fully saturated rings. The molecule has 1 aliphatic rings. The highest BCUT2D eigenvalue weighted by Gasteiger charge is 2.34. The first kappa shape index (κ1) is 21.2. The van der Waals surface area contributed by atoms with Crippen LogP contribution in [0.1, 0.15) is 25.3 Å². The number of benzene rings is 1. The lowest BCUT2D eigenvalue weighted by molar-refractivity contribution is 0.0661. The Bertz CT molecular complexity index is 757. The van der Waals surface area contributed by atoms with Gasteiger partial charge in [-0.15, -0.1) is 0 Å². The van der Waals surface area contributed by atoms with E-state index in [0.717, 1.165) is 0 Å². The number of nitrogens with zero attached hydrogens (tertiary/aromatic N) is 1. The highest BCUT2D eigenvalue weighted by molar-refractivity contribution is 7.89. The molecule has 0 aromatic heterocycles. The monoisotopic (exact) mass is 424 g/mol. The molecule has 0 spiro atoms. The number of carbonyl (C=O) groups is 1. The number of nitrogens with one attached hydrogen (secondary N) is 1. The van der Waals surface area contributed by atoms with Gasteiger partial charge in [-0.05, 0) is 31.5 Å². The number of ether oxygens (including phenoxy) is 1. The zero-order chi connectivity index (χ0) is 19.5. The molecule has 1 aromatic rings. The van der Waals surface area contributed by atoms with Crippen molar-refractivity contribution < 1.29 is 23.1 Å². The van der Waals surface area contributed by atoms with Gasteiger partial charge in [-0.3, -0.25) is 0 Å². The molecule has 0 bridgehead atoms. The molecule has 0 unspecified atom stereocenters. The Balaban J connectivity index is 2.35. The quantitative estimate of drug-likeness (QED) is 0.757. The molecule has 1 aliphatic heterocycles. The normalized spacial score (nSPS) is 21.7. The van der Waals surface area contributed by atoms with E-state index >= 15 is 0 Å². The molecule has 1 aromatic carbocycles. The largest absolute Gasteiger partial charge is 0.465 e. The van der Waals surface area contributed by atoms with Crippen molar-refractivity contribution in [1.29, 1.82) is 0 Å². The SMILES string of the molecule is CC(C)NS(=O)(=O)C[C@H]1OCCN(C(=O)O)C[C@H]1c1ccc(Cl)c(Cl)c1. The lowest BCUT2D eigenvalue weighted by atomic mass is 9.93. The smallest absolute Gasteiger partial charge is 0.407 e. The maximum absolute atomic E-state index is 12.4. The lowest BCUT2D eigenvalue weighted by Gasteiger charge is -2.27. The van der Waals surface area contributed by atoms with E-state index in [1.54, 1.807) is 32.0 Å². The van der Waals surface area contributed by atoms with Gasteiger partial charge in [0.1, 0.15) is 0 Å². The first-order valence-corrected chi connectivity index (χ1v) is 10.5. The van der Waals surface area contributed by atoms with Gasteiger partial charge >= 0.3 is 6.09 Å². The number of halogens is 2. The van der Waals surface area contributed by atoms with Crippen LogP contribution in [0, 0.1) is 0 Å². The molecule has 2 atom stereocenters. The fraction of sp³-hybridized carbons (Fsp3) is 0.562. The molecule has 0 saturated carbocycles. The molecule has 7 nitrogen and oxygen atoms in total. The Morgan fingerprint density at radius 1 is 1.38 bits per heavy atom. The van der Waals surface area contributed by atoms with Crippen molar-refractivity contribution in [3.63, 3.8) is 0 Å². The summed E-state index contributed by atoms with van der Waals surface area (Å²) in [4.78, 5) is 12.7. The Labute approximate surface area is 163 Å². The molecule has 1 saturated heterocycles. The highest BCUT2D eigenvalue weighted by Crippen LogP contribution is 2.31. The fourth-order valence-corrected chi connectivity index (χ4v) is 4.78. The molecule has 0 radical (unpaired) electrons. The Hall–Kier alpha value is -1.06. The number of carboxylic acid groups (broad SMARTS) is 1. The summed E-state index contributed by atoms with van der Waals surface area (Å²) in [6.45, 7) is 3.85. The van der Waals surface area contributed by atoms with Crippen molar-refractivity contribution in [3.8, 4) is 0 Å². The second-order valence-electron chi connectivity index (χ2n) is 6.47. The van der Waals surface area contributed by atoms with Crippen molar-refractivity contribution in [1.82, 2.24) is 9.62 Å². The van der Waals surface area contributed by atoms with Crippen molar-refractivity contribution in [2.75, 3.05) is 25.4 Å². The third-order valence-corrected chi connectivity index (χ3v) is 6.34. The van der Waals surface area contributed by atoms with Crippen molar-refractivity contribution in [2.45, 2.75) is 31.9 Å². The zero-order valence-electron chi connectivity index (χ0n) is 14.5. The minimum atomic E-state index is -3.59. The Kier molecular flexibility index (Phi) is 7.15. The van der Waals surface area contributed by atoms with Gasteiger partial charge in [0.05, 0.1) is 28.5 Å². The first-order valence-electron chi connectivity index (χ1n) is 8.13. The van der Waals surface area contributed by atoms with Crippen LogP contribution in [0.4, 0.5) is 4.79 Å². The summed E-state index contributed by atoms with van der Waals surface area (Å²) in [7, 11) is -3.59. The van der Waals surface area contributed by atoms with Crippen LogP contribution in [0.5, 0.6) is 0 Å². The third-order valence-electron chi connectivity index (χ3n) is 4.00. The van der Waals surface area contributed by atoms with E-state index in [0.29, 0.717) is 15.6 Å². The Morgan fingerprint density at radius 3 is 2.65 bits per heavy atom. The summed E-state index contributed by atoms with van der Waals surface area (Å²) in [6.07, 6.45) is -1.80. The fourth-order valence-electron chi connectivity index (χ4n) is 2.90. The molecule has 2 N–H and O–H groups in total. The maximum Gasteiger partial charge on any atom is 0.407 e. The van der Waals surface area contributed by atoms with Crippen LogP contribution in [0.2, 0.25) is 10.0 Å². The minimum absolute atomic E-state index is 0.106. The molecule has 146 valence electrons. The summed E-state index contributed by atoms with van der Waals surface area (Å²) in [5.41, 5.74) is 0.678. The average Bonchev–Trinajstić information content (AvgIpc) is 2.71. The second-order valence-corrected chi connectivity index (χ2v) is 9.08. The second kappa shape index (κ2) is 8.75. The number of rotatable bonds is 5. The van der Waals surface area contributed by atoms with Crippen LogP contribution in [0.3, 0.4) is 0 Å². The molecule has 0 aliphatic carbocycles. The van der Waals surface area contributed by atoms with E-state index in [-0.39, 0.29) is 31.5 Å². The molecule has 1 heterocycles. The first-order chi connectivity index (χ1) is 12.1. The number of amides is 1. The lowest BCUT2D eigenvalue weighted by Crippen LogP contribution is -2.41. The zero-order valence-corrected chi connectivity index (χ0v) is 16.8. The summed E-state index contributed by atoms with van der Waals surface area (Å²) >= 11 is 12.0. The predicted octanol–water partition coefficient (Wildman–Crippen LogP) is 2.78. The van der Waals surface area contributed by atoms with Gasteiger partial charge < -0.3 is 14.7 Å². The van der Waals surface area contributed by atoms with Gasteiger partial charge in [0, 0.05) is 25.0 Å². The number of hydrogen-bond donors (Lipinski definition) is 2. The van der Waals surface area contributed by atoms with Gasteiger partial charge in [-0.1, -0.05) is 29.3 Å². The summed E-state index contributed by atoms with van der Waals surface area (Å²) in [6, 6.07) is 4.69. The van der Waals surface area contributed by atoms with Gasteiger partial charge in [-0.2, -0.15) is 0 Å².